The number of aldehydes is 1. The van der Waals surface area contributed by atoms with Gasteiger partial charge in [0.1, 0.15) is 0 Å². The van der Waals surface area contributed by atoms with E-state index in [0.29, 0.717) is 22.8 Å². The highest BCUT2D eigenvalue weighted by molar-refractivity contribution is 9.11. The minimum absolute atomic E-state index is 0. The number of carbonyl (C=O) groups excluding carboxylic acids is 2. The first-order valence-electron chi connectivity index (χ1n) is 22.1. The average molecular weight is 1720 g/mol. The van der Waals surface area contributed by atoms with Gasteiger partial charge in [-0.15, -0.1) is 0 Å². The van der Waals surface area contributed by atoms with Gasteiger partial charge in [0.05, 0.1) is 60.8 Å². The number of nitrogens with two attached hydrogens (primary N) is 3. The number of anilines is 5. The molecule has 6 aromatic carbocycles. The van der Waals surface area contributed by atoms with E-state index in [1.54, 1.807) is 0 Å². The number of nitrogens with zero attached hydrogens (tertiary/aromatic N) is 4. The van der Waals surface area contributed by atoms with Gasteiger partial charge >= 0.3 is 36.9 Å². The van der Waals surface area contributed by atoms with E-state index in [9.17, 15) is 89.0 Å². The lowest BCUT2D eigenvalue weighted by molar-refractivity contribution is -0.138. The Bertz CT molecular complexity index is 3960. The van der Waals surface area contributed by atoms with Crippen LogP contribution in [-0.4, -0.2) is 45.8 Å². The number of aliphatic hydroxyl groups is 1. The van der Waals surface area contributed by atoms with Crippen molar-refractivity contribution in [2.24, 2.45) is 5.14 Å². The fourth-order valence-corrected chi connectivity index (χ4v) is 10.6. The first kappa shape index (κ1) is 82.3. The molecular weight excluding hydrogens is 1680 g/mol. The molecule has 10 N–H and O–H groups in total. The quantitative estimate of drug-likeness (QED) is 0.0376. The van der Waals surface area contributed by atoms with Crippen molar-refractivity contribution >= 4 is 180 Å². The summed E-state index contributed by atoms with van der Waals surface area (Å²) in [5.74, 6) is 0.140. The lowest BCUT2D eigenvalue weighted by Gasteiger charge is -2.25. The number of aromatic nitrogens is 4. The van der Waals surface area contributed by atoms with Crippen LogP contribution in [0.15, 0.2) is 129 Å². The fourth-order valence-electron chi connectivity index (χ4n) is 6.57. The molecule has 1 unspecified atom stereocenters. The van der Waals surface area contributed by atoms with Crippen molar-refractivity contribution in [1.82, 2.24) is 25.3 Å². The zero-order valence-electron chi connectivity index (χ0n) is 41.2. The molecule has 8 aromatic rings. The second kappa shape index (κ2) is 32.3. The molecular formula is C52H44Br6ClF15N10O5S. The van der Waals surface area contributed by atoms with Crippen LogP contribution < -0.4 is 32.6 Å². The molecule has 1 aliphatic rings. The van der Waals surface area contributed by atoms with Gasteiger partial charge < -0.3 is 32.5 Å². The van der Waals surface area contributed by atoms with Gasteiger partial charge in [-0.3, -0.25) is 4.79 Å². The summed E-state index contributed by atoms with van der Waals surface area (Å²) in [5, 5.41) is 22.2. The number of nitrogen functional groups attached to an aromatic ring is 2. The number of nitrogens with one attached hydrogen (secondary N) is 3. The monoisotopic (exact) mass is 1710 g/mol. The van der Waals surface area contributed by atoms with Crippen LogP contribution in [0, 0.1) is 0 Å². The van der Waals surface area contributed by atoms with Crippen molar-refractivity contribution in [2.75, 3.05) is 22.1 Å². The Morgan fingerprint density at radius 2 is 0.933 bits per heavy atom. The Hall–Kier alpha value is -5.67. The molecule has 9 rings (SSSR count). The van der Waals surface area contributed by atoms with Crippen LogP contribution in [0.1, 0.15) is 79.7 Å². The summed E-state index contributed by atoms with van der Waals surface area (Å²) in [4.78, 5) is 37.0. The normalized spacial score (nSPS) is 12.8. The lowest BCUT2D eigenvalue weighted by Crippen LogP contribution is -2.38. The molecule has 1 aliphatic heterocycles. The Labute approximate surface area is 557 Å². The molecule has 0 saturated heterocycles. The summed E-state index contributed by atoms with van der Waals surface area (Å²) in [6, 6.07) is 13.8. The minimum Gasteiger partial charge on any atom is -0.397 e. The predicted molar refractivity (Wildman–Crippen MR) is 334 cm³/mol. The Morgan fingerprint density at radius 1 is 0.556 bits per heavy atom. The number of carbonyl (C=O) groups is 2. The average Bonchev–Trinajstić information content (AvgIpc) is 0.818. The summed E-state index contributed by atoms with van der Waals surface area (Å²) in [6.45, 7) is 0. The second-order valence-corrected chi connectivity index (χ2v) is 23.7. The smallest absolute Gasteiger partial charge is 0.397 e. The van der Waals surface area contributed by atoms with Crippen LogP contribution in [0.2, 0.25) is 5.28 Å². The van der Waals surface area contributed by atoms with Gasteiger partial charge in [0.25, 0.3) is 0 Å². The summed E-state index contributed by atoms with van der Waals surface area (Å²) in [6.07, 6.45) is -20.9. The van der Waals surface area contributed by atoms with Gasteiger partial charge in [-0.1, -0.05) is 29.7 Å². The maximum absolute atomic E-state index is 12.9. The van der Waals surface area contributed by atoms with E-state index in [4.69, 9.17) is 28.2 Å². The Morgan fingerprint density at radius 3 is 1.37 bits per heavy atom. The number of hydrogen-bond acceptors (Lipinski definition) is 12. The molecule has 0 fully saturated rings. The van der Waals surface area contributed by atoms with Crippen LogP contribution in [0.5, 0.6) is 0 Å². The third-order valence-corrected chi connectivity index (χ3v) is 15.5. The number of halogens is 22. The molecule has 0 spiro atoms. The highest BCUT2D eigenvalue weighted by atomic mass is 79.9. The molecule has 15 nitrogen and oxygen atoms in total. The summed E-state index contributed by atoms with van der Waals surface area (Å²) < 4.78 is 210. The number of primary sulfonamides is 1. The molecule has 2 aromatic heterocycles. The van der Waals surface area contributed by atoms with E-state index in [1.807, 2.05) is 0 Å². The zero-order chi connectivity index (χ0) is 65.0. The molecule has 2 amide bonds. The number of alkyl halides is 15. The highest BCUT2D eigenvalue weighted by Crippen LogP contribution is 2.42. The maximum Gasteiger partial charge on any atom is 0.416 e. The van der Waals surface area contributed by atoms with Gasteiger partial charge in [-0.25, -0.2) is 38.3 Å². The van der Waals surface area contributed by atoms with Crippen molar-refractivity contribution in [3.05, 3.63) is 168 Å². The first-order chi connectivity index (χ1) is 39.4. The standard InChI is InChI=1S/C15H10BrF3N4O2S.C9H3BrClF3N2.C9H6BrF3N2O2.C8H5BrF3NO.C7H4Br2F3N.4CH4/c16-12-6-9(15(17,18)19)5-8-7-21-14(23-13(8)12)22-10-1-3-11(4-2-10)26(20,24)25;10-6-2-5(9(12,13)14)1-4-3-15-8(11)16-7(4)6;10-5-2-3(9(11,12)13)1-4-6(5)14-8(17)15-7(4)16;9-6-2-5(8(10,11)12)1-4(3-14)7(6)13;8-4-1-3(7(10,11)12)2-5(9)6(4)13;;;;/h1-7H,(H2,20,24,25)(H,21,22,23);1-3H;1-2,7,16H,(H2,14,15,17);1-3H,13H2;1-2H,13H2;4*1H4. The predicted octanol–water partition coefficient (Wildman–Crippen LogP) is 19.7. The molecule has 0 aliphatic carbocycles. The molecule has 3 heterocycles. The van der Waals surface area contributed by atoms with Crippen LogP contribution in [0.4, 0.5) is 99.3 Å². The van der Waals surface area contributed by atoms with Crippen molar-refractivity contribution < 1.29 is 89.0 Å². The number of aliphatic hydroxyl groups excluding tert-OH is 1. The van der Waals surface area contributed by atoms with E-state index in [0.717, 1.165) is 54.6 Å². The highest BCUT2D eigenvalue weighted by Gasteiger charge is 2.36. The van der Waals surface area contributed by atoms with Crippen LogP contribution >= 0.6 is 107 Å². The molecule has 1 atom stereocenters. The SMILES string of the molecule is C.C.C.C.FC(F)(F)c1cc(Br)c2nc(Cl)ncc2c1.NS(=O)(=O)c1ccc(Nc2ncc3cc(C(F)(F)F)cc(Br)c3n2)cc1.Nc1c(Br)cc(C(F)(F)F)cc1Br.Nc1c(Br)cc(C(F)(F)F)cc1C=O.O=C1Nc2c(Br)cc(C(F)(F)F)cc2C(O)N1. The van der Waals surface area contributed by atoms with Crippen molar-refractivity contribution in [3.8, 4) is 0 Å². The van der Waals surface area contributed by atoms with Gasteiger partial charge in [-0.05, 0) is 192 Å². The van der Waals surface area contributed by atoms with E-state index < -0.39 is 81.0 Å². The molecule has 90 heavy (non-hydrogen) atoms. The fraction of sp³-hybridized carbons (Fsp3) is 0.192. The number of benzene rings is 6. The van der Waals surface area contributed by atoms with E-state index in [1.165, 1.54) is 36.7 Å². The number of sulfonamides is 1. The van der Waals surface area contributed by atoms with Crippen molar-refractivity contribution in [3.63, 3.8) is 0 Å². The van der Waals surface area contributed by atoms with Crippen molar-refractivity contribution in [1.29, 1.82) is 0 Å². The number of fused-ring (bicyclic) bond motifs is 3. The van der Waals surface area contributed by atoms with Crippen LogP contribution in [0.25, 0.3) is 21.8 Å². The summed E-state index contributed by atoms with van der Waals surface area (Å²) in [7, 11) is -3.80. The number of hydrogen-bond donors (Lipinski definition) is 7. The van der Waals surface area contributed by atoms with E-state index in [-0.39, 0.29) is 118 Å². The van der Waals surface area contributed by atoms with E-state index in [2.05, 4.69) is 131 Å². The largest absolute Gasteiger partial charge is 0.416 e. The van der Waals surface area contributed by atoms with E-state index >= 15 is 0 Å². The topological polar surface area (TPSA) is 254 Å². The van der Waals surface area contributed by atoms with Crippen LogP contribution in [0.3, 0.4) is 0 Å². The number of urea groups is 1. The molecule has 0 saturated carbocycles. The molecule has 38 heteroatoms. The Kier molecular flexibility index (Phi) is 29.5. The van der Waals surface area contributed by atoms with Crippen LogP contribution in [-0.2, 0) is 40.9 Å². The van der Waals surface area contributed by atoms with Gasteiger partial charge in [-0.2, -0.15) is 65.9 Å². The zero-order valence-corrected chi connectivity index (χ0v) is 52.3. The van der Waals surface area contributed by atoms with Gasteiger partial charge in [0.15, 0.2) is 12.5 Å². The first-order valence-corrected chi connectivity index (χ1v) is 28.8. The number of rotatable bonds is 4. The Balaban J connectivity index is 0.000000570. The minimum atomic E-state index is -4.52. The third-order valence-electron chi connectivity index (χ3n) is 10.6. The molecule has 492 valence electrons. The summed E-state index contributed by atoms with van der Waals surface area (Å²) in [5.41, 5.74) is 8.03. The van der Waals surface area contributed by atoms with Crippen molar-refractivity contribution in [2.45, 2.75) is 71.7 Å². The molecule has 0 radical (unpaired) electrons. The number of amides is 2. The molecule has 0 bridgehead atoms. The summed E-state index contributed by atoms with van der Waals surface area (Å²) >= 11 is 23.3. The van der Waals surface area contributed by atoms with Gasteiger partial charge in [0, 0.05) is 66.8 Å². The third kappa shape index (κ3) is 22.3. The lowest BCUT2D eigenvalue weighted by atomic mass is 10.1. The van der Waals surface area contributed by atoms with Gasteiger partial charge in [0.2, 0.25) is 21.3 Å². The second-order valence-electron chi connectivity index (χ2n) is 16.7. The maximum atomic E-state index is 12.9.